The summed E-state index contributed by atoms with van der Waals surface area (Å²) in [6.45, 7) is 3.88. The summed E-state index contributed by atoms with van der Waals surface area (Å²) < 4.78 is 26.2. The van der Waals surface area contributed by atoms with Gasteiger partial charge in [-0.15, -0.1) is 0 Å². The molecule has 0 aromatic heterocycles. The molecule has 18 heavy (non-hydrogen) atoms. The first kappa shape index (κ1) is 15.4. The number of carboxylic acids is 1. The van der Waals surface area contributed by atoms with Gasteiger partial charge in [0.25, 0.3) is 0 Å². The van der Waals surface area contributed by atoms with Gasteiger partial charge in [0.1, 0.15) is 5.54 Å². The van der Waals surface area contributed by atoms with E-state index in [4.69, 9.17) is 0 Å². The predicted octanol–water partition coefficient (Wildman–Crippen LogP) is 1.74. The van der Waals surface area contributed by atoms with E-state index >= 15 is 0 Å². The molecule has 1 rings (SSSR count). The molecule has 0 bridgehead atoms. The van der Waals surface area contributed by atoms with Crippen LogP contribution in [-0.4, -0.2) is 30.8 Å². The highest BCUT2D eigenvalue weighted by Gasteiger charge is 2.44. The van der Waals surface area contributed by atoms with Gasteiger partial charge in [-0.25, -0.2) is 8.42 Å². The van der Waals surface area contributed by atoms with Crippen molar-refractivity contribution in [3.05, 3.63) is 0 Å². The number of hydrogen-bond acceptors (Lipinski definition) is 3. The van der Waals surface area contributed by atoms with Gasteiger partial charge in [0.2, 0.25) is 10.0 Å². The number of unbranched alkanes of at least 4 members (excludes halogenated alkanes) is 1. The van der Waals surface area contributed by atoms with Crippen molar-refractivity contribution in [1.29, 1.82) is 0 Å². The molecule has 5 nitrogen and oxygen atoms in total. The molecule has 0 radical (unpaired) electrons. The number of nitrogens with one attached hydrogen (secondary N) is 1. The van der Waals surface area contributed by atoms with Gasteiger partial charge < -0.3 is 5.11 Å². The van der Waals surface area contributed by atoms with Gasteiger partial charge in [0, 0.05) is 0 Å². The molecular weight excluding hydrogens is 254 g/mol. The molecule has 0 heterocycles. The number of aliphatic carboxylic acids is 1. The van der Waals surface area contributed by atoms with Gasteiger partial charge >= 0.3 is 5.97 Å². The van der Waals surface area contributed by atoms with Gasteiger partial charge in [-0.2, -0.15) is 4.72 Å². The zero-order chi connectivity index (χ0) is 13.8. The third-order valence-electron chi connectivity index (χ3n) is 3.52. The summed E-state index contributed by atoms with van der Waals surface area (Å²) in [6, 6.07) is 0. The Labute approximate surface area is 109 Å². The Morgan fingerprint density at radius 3 is 2.67 bits per heavy atom. The fraction of sp³-hybridized carbons (Fsp3) is 0.917. The van der Waals surface area contributed by atoms with E-state index in [1.54, 1.807) is 0 Å². The van der Waals surface area contributed by atoms with E-state index < -0.39 is 21.5 Å². The lowest BCUT2D eigenvalue weighted by Crippen LogP contribution is -2.57. The van der Waals surface area contributed by atoms with E-state index in [0.29, 0.717) is 19.3 Å². The van der Waals surface area contributed by atoms with Crippen molar-refractivity contribution in [2.45, 2.75) is 57.9 Å². The minimum atomic E-state index is -3.50. The van der Waals surface area contributed by atoms with Crippen LogP contribution in [0.15, 0.2) is 0 Å². The van der Waals surface area contributed by atoms with E-state index in [1.807, 2.05) is 13.8 Å². The molecule has 2 unspecified atom stereocenters. The molecule has 0 aliphatic heterocycles. The molecule has 6 heteroatoms. The Kier molecular flexibility index (Phi) is 5.16. The molecule has 0 aromatic rings. The molecule has 106 valence electrons. The van der Waals surface area contributed by atoms with Crippen LogP contribution in [0.5, 0.6) is 0 Å². The van der Waals surface area contributed by atoms with Gasteiger partial charge in [-0.3, -0.25) is 4.79 Å². The minimum Gasteiger partial charge on any atom is -0.480 e. The molecule has 1 saturated carbocycles. The molecule has 1 aliphatic rings. The molecule has 1 fully saturated rings. The lowest BCUT2D eigenvalue weighted by molar-refractivity contribution is -0.146. The SMILES string of the molecule is CCCCS(=O)(=O)NC1(C(=O)O)CCCC(C)C1. The Balaban J connectivity index is 2.83. The fourth-order valence-electron chi connectivity index (χ4n) is 2.56. The average molecular weight is 277 g/mol. The number of carboxylic acid groups (broad SMARTS) is 1. The van der Waals surface area contributed by atoms with Crippen LogP contribution in [0.1, 0.15) is 52.4 Å². The van der Waals surface area contributed by atoms with Gasteiger partial charge in [0.05, 0.1) is 5.75 Å². The van der Waals surface area contributed by atoms with Crippen LogP contribution < -0.4 is 4.72 Å². The maximum absolute atomic E-state index is 11.9. The Morgan fingerprint density at radius 2 is 2.17 bits per heavy atom. The van der Waals surface area contributed by atoms with E-state index in [2.05, 4.69) is 4.72 Å². The standard InChI is InChI=1S/C12H23NO4S/c1-3-4-8-18(16,17)13-12(11(14)15)7-5-6-10(2)9-12/h10,13H,3-9H2,1-2H3,(H,14,15). The summed E-state index contributed by atoms with van der Waals surface area (Å²) in [7, 11) is -3.50. The molecule has 0 saturated heterocycles. The van der Waals surface area contributed by atoms with E-state index in [0.717, 1.165) is 19.3 Å². The second-order valence-electron chi connectivity index (χ2n) is 5.36. The van der Waals surface area contributed by atoms with E-state index in [-0.39, 0.29) is 11.7 Å². The minimum absolute atomic E-state index is 0.00686. The van der Waals surface area contributed by atoms with Crippen molar-refractivity contribution in [2.24, 2.45) is 5.92 Å². The van der Waals surface area contributed by atoms with Gasteiger partial charge in [-0.05, 0) is 25.2 Å². The number of hydrogen-bond donors (Lipinski definition) is 2. The molecule has 0 aromatic carbocycles. The van der Waals surface area contributed by atoms with Crippen molar-refractivity contribution in [2.75, 3.05) is 5.75 Å². The summed E-state index contributed by atoms with van der Waals surface area (Å²) in [4.78, 5) is 11.4. The summed E-state index contributed by atoms with van der Waals surface area (Å²) in [5, 5.41) is 9.37. The molecular formula is C12H23NO4S. The zero-order valence-corrected chi connectivity index (χ0v) is 11.9. The third-order valence-corrected chi connectivity index (χ3v) is 5.05. The monoisotopic (exact) mass is 277 g/mol. The number of carbonyl (C=O) groups is 1. The van der Waals surface area contributed by atoms with E-state index in [9.17, 15) is 18.3 Å². The van der Waals surface area contributed by atoms with Crippen LogP contribution in [-0.2, 0) is 14.8 Å². The molecule has 2 N–H and O–H groups in total. The average Bonchev–Trinajstić information content (AvgIpc) is 2.25. The Hall–Kier alpha value is -0.620. The second kappa shape index (κ2) is 6.02. The Morgan fingerprint density at radius 1 is 1.50 bits per heavy atom. The van der Waals surface area contributed by atoms with Crippen molar-refractivity contribution in [3.63, 3.8) is 0 Å². The predicted molar refractivity (Wildman–Crippen MR) is 69.8 cm³/mol. The molecule has 1 aliphatic carbocycles. The molecule has 0 spiro atoms. The van der Waals surface area contributed by atoms with Crippen LogP contribution in [0, 0.1) is 5.92 Å². The first-order valence-electron chi connectivity index (χ1n) is 6.56. The number of sulfonamides is 1. The summed E-state index contributed by atoms with van der Waals surface area (Å²) >= 11 is 0. The third kappa shape index (κ3) is 3.95. The van der Waals surface area contributed by atoms with Crippen LogP contribution in [0.4, 0.5) is 0 Å². The van der Waals surface area contributed by atoms with Crippen molar-refractivity contribution < 1.29 is 18.3 Å². The Bertz CT molecular complexity index is 393. The zero-order valence-electron chi connectivity index (χ0n) is 11.1. The molecule has 2 atom stereocenters. The number of rotatable bonds is 6. The highest BCUT2D eigenvalue weighted by Crippen LogP contribution is 2.33. The lowest BCUT2D eigenvalue weighted by atomic mass is 9.77. The van der Waals surface area contributed by atoms with Crippen LogP contribution >= 0.6 is 0 Å². The highest BCUT2D eigenvalue weighted by atomic mass is 32.2. The van der Waals surface area contributed by atoms with Gasteiger partial charge in [-0.1, -0.05) is 33.1 Å². The van der Waals surface area contributed by atoms with Crippen molar-refractivity contribution in [1.82, 2.24) is 4.72 Å². The topological polar surface area (TPSA) is 83.5 Å². The van der Waals surface area contributed by atoms with Gasteiger partial charge in [0.15, 0.2) is 0 Å². The maximum Gasteiger partial charge on any atom is 0.324 e. The summed E-state index contributed by atoms with van der Waals surface area (Å²) in [6.07, 6.45) is 3.82. The lowest BCUT2D eigenvalue weighted by Gasteiger charge is -2.36. The highest BCUT2D eigenvalue weighted by molar-refractivity contribution is 7.89. The normalized spacial score (nSPS) is 29.1. The van der Waals surface area contributed by atoms with Crippen molar-refractivity contribution in [3.8, 4) is 0 Å². The fourth-order valence-corrected chi connectivity index (χ4v) is 4.20. The first-order valence-corrected chi connectivity index (χ1v) is 8.21. The first-order chi connectivity index (χ1) is 8.31. The summed E-state index contributed by atoms with van der Waals surface area (Å²) in [5.41, 5.74) is -1.29. The summed E-state index contributed by atoms with van der Waals surface area (Å²) in [5.74, 6) is -0.801. The van der Waals surface area contributed by atoms with E-state index in [1.165, 1.54) is 0 Å². The van der Waals surface area contributed by atoms with Crippen LogP contribution in [0.25, 0.3) is 0 Å². The van der Waals surface area contributed by atoms with Crippen LogP contribution in [0.3, 0.4) is 0 Å². The van der Waals surface area contributed by atoms with Crippen molar-refractivity contribution >= 4 is 16.0 Å². The quantitative estimate of drug-likeness (QED) is 0.774. The molecule has 0 amide bonds. The smallest absolute Gasteiger partial charge is 0.324 e. The van der Waals surface area contributed by atoms with Crippen LogP contribution in [0.2, 0.25) is 0 Å². The largest absolute Gasteiger partial charge is 0.480 e. The maximum atomic E-state index is 11.9. The second-order valence-corrected chi connectivity index (χ2v) is 7.21.